The van der Waals surface area contributed by atoms with Crippen LogP contribution >= 0.6 is 0 Å². The SMILES string of the molecule is CS(=O)(=O)CCNCCN1CCN(C2CC2)CC1. The summed E-state index contributed by atoms with van der Waals surface area (Å²) < 4.78 is 21.9. The van der Waals surface area contributed by atoms with Gasteiger partial charge >= 0.3 is 0 Å². The van der Waals surface area contributed by atoms with Crippen molar-refractivity contribution in [2.45, 2.75) is 18.9 Å². The third kappa shape index (κ3) is 5.22. The molecule has 0 bridgehead atoms. The van der Waals surface area contributed by atoms with Crippen molar-refractivity contribution >= 4 is 9.84 Å². The van der Waals surface area contributed by atoms with Crippen molar-refractivity contribution in [2.24, 2.45) is 0 Å². The van der Waals surface area contributed by atoms with Gasteiger partial charge in [0.15, 0.2) is 0 Å². The van der Waals surface area contributed by atoms with Gasteiger partial charge in [0.05, 0.1) is 5.75 Å². The predicted octanol–water partition coefficient (Wildman–Crippen LogP) is -0.599. The molecule has 0 spiro atoms. The monoisotopic (exact) mass is 275 g/mol. The number of hydrogen-bond donors (Lipinski definition) is 1. The van der Waals surface area contributed by atoms with E-state index in [2.05, 4.69) is 15.1 Å². The highest BCUT2D eigenvalue weighted by Gasteiger charge is 2.30. The van der Waals surface area contributed by atoms with Gasteiger partial charge in [-0.1, -0.05) is 0 Å². The smallest absolute Gasteiger partial charge is 0.148 e. The molecule has 0 aromatic carbocycles. The Hall–Kier alpha value is -0.170. The molecule has 0 amide bonds. The number of hydrogen-bond acceptors (Lipinski definition) is 5. The zero-order valence-corrected chi connectivity index (χ0v) is 12.1. The Morgan fingerprint density at radius 2 is 1.78 bits per heavy atom. The van der Waals surface area contributed by atoms with Crippen LogP contribution in [-0.2, 0) is 9.84 Å². The summed E-state index contributed by atoms with van der Waals surface area (Å²) >= 11 is 0. The van der Waals surface area contributed by atoms with E-state index < -0.39 is 9.84 Å². The van der Waals surface area contributed by atoms with Crippen LogP contribution in [0.2, 0.25) is 0 Å². The van der Waals surface area contributed by atoms with Crippen molar-refractivity contribution < 1.29 is 8.42 Å². The second-order valence-electron chi connectivity index (χ2n) is 5.49. The van der Waals surface area contributed by atoms with Gasteiger partial charge in [-0.05, 0) is 12.8 Å². The van der Waals surface area contributed by atoms with Gasteiger partial charge in [-0.15, -0.1) is 0 Å². The van der Waals surface area contributed by atoms with Crippen LogP contribution in [0.3, 0.4) is 0 Å². The second-order valence-corrected chi connectivity index (χ2v) is 7.75. The van der Waals surface area contributed by atoms with Crippen LogP contribution in [0.1, 0.15) is 12.8 Å². The molecule has 18 heavy (non-hydrogen) atoms. The van der Waals surface area contributed by atoms with Crippen molar-refractivity contribution in [3.63, 3.8) is 0 Å². The van der Waals surface area contributed by atoms with Crippen LogP contribution in [0.5, 0.6) is 0 Å². The molecular weight excluding hydrogens is 250 g/mol. The summed E-state index contributed by atoms with van der Waals surface area (Å²) in [7, 11) is -2.82. The topological polar surface area (TPSA) is 52.7 Å². The van der Waals surface area contributed by atoms with Crippen molar-refractivity contribution in [1.29, 1.82) is 0 Å². The zero-order valence-electron chi connectivity index (χ0n) is 11.3. The minimum atomic E-state index is -2.82. The Morgan fingerprint density at radius 1 is 1.11 bits per heavy atom. The van der Waals surface area contributed by atoms with Gasteiger partial charge in [0.1, 0.15) is 9.84 Å². The van der Waals surface area contributed by atoms with E-state index in [1.807, 2.05) is 0 Å². The van der Waals surface area contributed by atoms with Gasteiger partial charge in [0.2, 0.25) is 0 Å². The van der Waals surface area contributed by atoms with Crippen molar-refractivity contribution in [1.82, 2.24) is 15.1 Å². The zero-order chi connectivity index (χ0) is 13.0. The van der Waals surface area contributed by atoms with Gasteiger partial charge in [0, 0.05) is 58.1 Å². The number of rotatable bonds is 7. The Balaban J connectivity index is 1.50. The second kappa shape index (κ2) is 6.32. The van der Waals surface area contributed by atoms with Gasteiger partial charge in [0.25, 0.3) is 0 Å². The third-order valence-corrected chi connectivity index (χ3v) is 4.67. The molecule has 1 heterocycles. The molecule has 0 unspecified atom stereocenters. The molecule has 5 nitrogen and oxygen atoms in total. The molecule has 2 fully saturated rings. The maximum atomic E-state index is 10.9. The van der Waals surface area contributed by atoms with E-state index in [0.717, 1.165) is 32.2 Å². The molecule has 0 aromatic rings. The van der Waals surface area contributed by atoms with Crippen LogP contribution in [0.25, 0.3) is 0 Å². The third-order valence-electron chi connectivity index (χ3n) is 3.72. The molecule has 1 saturated carbocycles. The summed E-state index contributed by atoms with van der Waals surface area (Å²) in [5.41, 5.74) is 0. The Labute approximate surface area is 110 Å². The maximum Gasteiger partial charge on any atom is 0.148 e. The van der Waals surface area contributed by atoms with E-state index in [1.54, 1.807) is 0 Å². The van der Waals surface area contributed by atoms with E-state index in [4.69, 9.17) is 0 Å². The number of nitrogens with one attached hydrogen (secondary N) is 1. The largest absolute Gasteiger partial charge is 0.314 e. The summed E-state index contributed by atoms with van der Waals surface area (Å²) in [4.78, 5) is 5.07. The first-order valence-corrected chi connectivity index (χ1v) is 8.95. The lowest BCUT2D eigenvalue weighted by atomic mass is 10.3. The first-order chi connectivity index (χ1) is 8.54. The fourth-order valence-electron chi connectivity index (χ4n) is 2.41. The van der Waals surface area contributed by atoms with E-state index in [0.29, 0.717) is 6.54 Å². The Kier molecular flexibility index (Phi) is 5.00. The summed E-state index contributed by atoms with van der Waals surface area (Å²) in [6.45, 7) is 7.21. The van der Waals surface area contributed by atoms with Crippen molar-refractivity contribution in [3.05, 3.63) is 0 Å². The maximum absolute atomic E-state index is 10.9. The first-order valence-electron chi connectivity index (χ1n) is 6.89. The predicted molar refractivity (Wildman–Crippen MR) is 73.6 cm³/mol. The minimum absolute atomic E-state index is 0.239. The number of sulfone groups is 1. The average Bonchev–Trinajstić information content (AvgIpc) is 3.12. The van der Waals surface area contributed by atoms with Crippen molar-refractivity contribution in [3.8, 4) is 0 Å². The molecule has 106 valence electrons. The standard InChI is InChI=1S/C12H25N3O2S/c1-18(16,17)11-5-13-4-6-14-7-9-15(10-8-14)12-2-3-12/h12-13H,2-11H2,1H3. The molecule has 1 aliphatic carbocycles. The minimum Gasteiger partial charge on any atom is -0.314 e. The molecule has 1 aliphatic heterocycles. The molecule has 2 aliphatic rings. The van der Waals surface area contributed by atoms with E-state index >= 15 is 0 Å². The summed E-state index contributed by atoms with van der Waals surface area (Å²) in [6, 6.07) is 0.889. The molecular formula is C12H25N3O2S. The molecule has 0 aromatic heterocycles. The average molecular weight is 275 g/mol. The van der Waals surface area contributed by atoms with Gasteiger partial charge in [-0.3, -0.25) is 9.80 Å². The van der Waals surface area contributed by atoms with Crippen LogP contribution in [0, 0.1) is 0 Å². The summed E-state index contributed by atoms with van der Waals surface area (Å²) in [5.74, 6) is 0.239. The van der Waals surface area contributed by atoms with Crippen molar-refractivity contribution in [2.75, 3.05) is 57.8 Å². The molecule has 1 saturated heterocycles. The summed E-state index contributed by atoms with van der Waals surface area (Å²) in [5, 5.41) is 3.20. The highest BCUT2D eigenvalue weighted by Crippen LogP contribution is 2.27. The highest BCUT2D eigenvalue weighted by atomic mass is 32.2. The number of nitrogens with zero attached hydrogens (tertiary/aromatic N) is 2. The number of piperazine rings is 1. The lowest BCUT2D eigenvalue weighted by Crippen LogP contribution is -2.48. The van der Waals surface area contributed by atoms with Gasteiger partial charge in [-0.2, -0.15) is 0 Å². The lowest BCUT2D eigenvalue weighted by molar-refractivity contribution is 0.127. The molecule has 2 rings (SSSR count). The fraction of sp³-hybridized carbons (Fsp3) is 1.00. The molecule has 0 atom stereocenters. The van der Waals surface area contributed by atoms with E-state index in [-0.39, 0.29) is 5.75 Å². The normalized spacial score (nSPS) is 23.4. The lowest BCUT2D eigenvalue weighted by Gasteiger charge is -2.34. The van der Waals surface area contributed by atoms with Crippen LogP contribution in [0.15, 0.2) is 0 Å². The van der Waals surface area contributed by atoms with Crippen LogP contribution < -0.4 is 5.32 Å². The molecule has 6 heteroatoms. The molecule has 0 radical (unpaired) electrons. The fourth-order valence-corrected chi connectivity index (χ4v) is 2.93. The first kappa shape index (κ1) is 14.2. The summed E-state index contributed by atoms with van der Waals surface area (Å²) in [6.07, 6.45) is 4.08. The highest BCUT2D eigenvalue weighted by molar-refractivity contribution is 7.90. The quantitative estimate of drug-likeness (QED) is 0.629. The van der Waals surface area contributed by atoms with E-state index in [9.17, 15) is 8.42 Å². The molecule has 1 N–H and O–H groups in total. The Morgan fingerprint density at radius 3 is 2.33 bits per heavy atom. The van der Waals surface area contributed by atoms with Crippen LogP contribution in [-0.4, -0.2) is 82.1 Å². The van der Waals surface area contributed by atoms with E-state index in [1.165, 1.54) is 32.2 Å². The van der Waals surface area contributed by atoms with Crippen LogP contribution in [0.4, 0.5) is 0 Å². The Bertz CT molecular complexity index is 346. The van der Waals surface area contributed by atoms with Gasteiger partial charge < -0.3 is 5.32 Å². The van der Waals surface area contributed by atoms with Gasteiger partial charge in [-0.25, -0.2) is 8.42 Å².